The number of hydrogen-bond donors (Lipinski definition) is 1. The van der Waals surface area contributed by atoms with Gasteiger partial charge >= 0.3 is 0 Å². The van der Waals surface area contributed by atoms with Crippen molar-refractivity contribution in [2.24, 2.45) is 0 Å². The molecule has 4 heteroatoms. The van der Waals surface area contributed by atoms with Gasteiger partial charge in [0.1, 0.15) is 5.75 Å². The summed E-state index contributed by atoms with van der Waals surface area (Å²) in [7, 11) is 1.64. The van der Waals surface area contributed by atoms with Crippen molar-refractivity contribution in [3.05, 3.63) is 29.3 Å². The zero-order valence-electron chi connectivity index (χ0n) is 10.3. The van der Waals surface area contributed by atoms with Crippen molar-refractivity contribution in [1.29, 1.82) is 0 Å². The van der Waals surface area contributed by atoms with Crippen LogP contribution >= 0.6 is 0 Å². The van der Waals surface area contributed by atoms with E-state index < -0.39 is 5.41 Å². The van der Waals surface area contributed by atoms with Crippen LogP contribution < -0.4 is 10.1 Å². The van der Waals surface area contributed by atoms with Crippen molar-refractivity contribution in [3.8, 4) is 5.75 Å². The highest BCUT2D eigenvalue weighted by Crippen LogP contribution is 2.45. The molecule has 18 heavy (non-hydrogen) atoms. The minimum Gasteiger partial charge on any atom is -0.496 e. The Bertz CT molecular complexity index is 538. The third-order valence-electron chi connectivity index (χ3n) is 4.05. The second kappa shape index (κ2) is 3.83. The van der Waals surface area contributed by atoms with Gasteiger partial charge in [0.25, 0.3) is 0 Å². The molecule has 4 nitrogen and oxygen atoms in total. The number of fused-ring (bicyclic) bond motifs is 2. The summed E-state index contributed by atoms with van der Waals surface area (Å²) in [5, 5.41) is 2.44. The summed E-state index contributed by atoms with van der Waals surface area (Å²) in [5.41, 5.74) is 1.40. The quantitative estimate of drug-likeness (QED) is 0.759. The summed E-state index contributed by atoms with van der Waals surface area (Å²) in [6, 6.07) is 5.75. The van der Waals surface area contributed by atoms with Crippen LogP contribution in [-0.2, 0) is 21.4 Å². The lowest BCUT2D eigenvalue weighted by Gasteiger charge is -2.33. The smallest absolute Gasteiger partial charge is 0.237 e. The first-order chi connectivity index (χ1) is 8.67. The summed E-state index contributed by atoms with van der Waals surface area (Å²) >= 11 is 0. The van der Waals surface area contributed by atoms with E-state index in [1.165, 1.54) is 0 Å². The number of ether oxygens (including phenoxy) is 1. The van der Waals surface area contributed by atoms with E-state index in [2.05, 4.69) is 5.32 Å². The molecule has 1 heterocycles. The monoisotopic (exact) mass is 245 g/mol. The van der Waals surface area contributed by atoms with Gasteiger partial charge in [0.2, 0.25) is 11.8 Å². The van der Waals surface area contributed by atoms with E-state index in [-0.39, 0.29) is 18.2 Å². The molecule has 0 radical (unpaired) electrons. The average Bonchev–Trinajstić information content (AvgIpc) is 2.65. The lowest BCUT2D eigenvalue weighted by Crippen LogP contribution is -2.38. The van der Waals surface area contributed by atoms with Crippen LogP contribution in [0.25, 0.3) is 0 Å². The van der Waals surface area contributed by atoms with Gasteiger partial charge in [0, 0.05) is 6.42 Å². The molecule has 1 atom stereocenters. The normalized spacial score (nSPS) is 26.1. The van der Waals surface area contributed by atoms with Crippen LogP contribution in [-0.4, -0.2) is 18.9 Å². The van der Waals surface area contributed by atoms with Crippen LogP contribution in [0.4, 0.5) is 0 Å². The predicted octanol–water partition coefficient (Wildman–Crippen LogP) is 1.32. The Morgan fingerprint density at radius 1 is 1.33 bits per heavy atom. The molecular formula is C14H15NO3. The van der Waals surface area contributed by atoms with Gasteiger partial charge in [-0.25, -0.2) is 0 Å². The first-order valence-corrected chi connectivity index (χ1v) is 6.18. The molecule has 1 fully saturated rings. The Kier molecular flexibility index (Phi) is 2.40. The zero-order chi connectivity index (χ0) is 12.8. The molecular weight excluding hydrogens is 230 g/mol. The Balaban J connectivity index is 2.18. The standard InChI is InChI=1S/C14H15NO3/c1-18-11-6-2-5-10-9(11)4-3-7-14(10)8-12(16)15-13(14)17/h2,5-6H,3-4,7-8H2,1H3,(H,15,16,17)/t14-/m1/s1. The number of benzene rings is 1. The maximum absolute atomic E-state index is 12.2. The average molecular weight is 245 g/mol. The highest BCUT2D eigenvalue weighted by Gasteiger charge is 2.50. The highest BCUT2D eigenvalue weighted by molar-refractivity contribution is 6.09. The first-order valence-electron chi connectivity index (χ1n) is 6.18. The molecule has 0 unspecified atom stereocenters. The van der Waals surface area contributed by atoms with Gasteiger partial charge in [-0.1, -0.05) is 12.1 Å². The van der Waals surface area contributed by atoms with E-state index in [0.717, 1.165) is 36.1 Å². The second-order valence-electron chi connectivity index (χ2n) is 4.98. The van der Waals surface area contributed by atoms with E-state index in [4.69, 9.17) is 4.74 Å². The molecule has 1 aromatic carbocycles. The molecule has 1 aliphatic heterocycles. The topological polar surface area (TPSA) is 55.4 Å². The fourth-order valence-corrected chi connectivity index (χ4v) is 3.23. The van der Waals surface area contributed by atoms with Crippen LogP contribution in [0, 0.1) is 0 Å². The van der Waals surface area contributed by atoms with Crippen LogP contribution in [0.5, 0.6) is 5.75 Å². The third kappa shape index (κ3) is 1.38. The second-order valence-corrected chi connectivity index (χ2v) is 4.98. The summed E-state index contributed by atoms with van der Waals surface area (Å²) in [6.07, 6.45) is 2.83. The van der Waals surface area contributed by atoms with Gasteiger partial charge < -0.3 is 4.74 Å². The third-order valence-corrected chi connectivity index (χ3v) is 4.05. The molecule has 1 aromatic rings. The molecule has 1 saturated heterocycles. The van der Waals surface area contributed by atoms with Gasteiger partial charge in [-0.2, -0.15) is 0 Å². The molecule has 3 rings (SSSR count). The van der Waals surface area contributed by atoms with Crippen molar-refractivity contribution < 1.29 is 14.3 Å². The minimum atomic E-state index is -0.654. The van der Waals surface area contributed by atoms with Crippen molar-refractivity contribution >= 4 is 11.8 Å². The Hall–Kier alpha value is -1.84. The maximum Gasteiger partial charge on any atom is 0.237 e. The summed E-state index contributed by atoms with van der Waals surface area (Å²) in [6.45, 7) is 0. The lowest BCUT2D eigenvalue weighted by atomic mass is 9.68. The van der Waals surface area contributed by atoms with Gasteiger partial charge in [0.05, 0.1) is 12.5 Å². The summed E-state index contributed by atoms with van der Waals surface area (Å²) in [4.78, 5) is 23.7. The van der Waals surface area contributed by atoms with E-state index in [1.54, 1.807) is 7.11 Å². The molecule has 1 aliphatic carbocycles. The van der Waals surface area contributed by atoms with Gasteiger partial charge in [-0.05, 0) is 36.5 Å². The van der Waals surface area contributed by atoms with Crippen LogP contribution in [0.2, 0.25) is 0 Å². The fraction of sp³-hybridized carbons (Fsp3) is 0.429. The number of nitrogens with one attached hydrogen (secondary N) is 1. The van der Waals surface area contributed by atoms with E-state index in [0.29, 0.717) is 0 Å². The predicted molar refractivity (Wildman–Crippen MR) is 65.4 cm³/mol. The van der Waals surface area contributed by atoms with Gasteiger partial charge in [-0.3, -0.25) is 14.9 Å². The molecule has 94 valence electrons. The Labute approximate surface area is 105 Å². The van der Waals surface area contributed by atoms with Crippen molar-refractivity contribution in [1.82, 2.24) is 5.32 Å². The molecule has 2 amide bonds. The fourth-order valence-electron chi connectivity index (χ4n) is 3.23. The van der Waals surface area contributed by atoms with Crippen LogP contribution in [0.1, 0.15) is 30.4 Å². The molecule has 1 N–H and O–H groups in total. The summed E-state index contributed by atoms with van der Waals surface area (Å²) in [5.74, 6) is 0.496. The largest absolute Gasteiger partial charge is 0.496 e. The SMILES string of the molecule is COc1cccc2c1CCC[C@@]21CC(=O)NC1=O. The highest BCUT2D eigenvalue weighted by atomic mass is 16.5. The van der Waals surface area contributed by atoms with E-state index in [1.807, 2.05) is 18.2 Å². The zero-order valence-corrected chi connectivity index (χ0v) is 10.3. The van der Waals surface area contributed by atoms with Gasteiger partial charge in [0.15, 0.2) is 0 Å². The molecule has 0 saturated carbocycles. The number of carbonyl (C=O) groups excluding carboxylic acids is 2. The molecule has 2 aliphatic rings. The van der Waals surface area contributed by atoms with Crippen LogP contribution in [0.15, 0.2) is 18.2 Å². The summed E-state index contributed by atoms with van der Waals surface area (Å²) < 4.78 is 5.36. The number of methoxy groups -OCH3 is 1. The Morgan fingerprint density at radius 2 is 2.17 bits per heavy atom. The molecule has 0 bridgehead atoms. The molecule has 0 aromatic heterocycles. The van der Waals surface area contributed by atoms with Crippen molar-refractivity contribution in [3.63, 3.8) is 0 Å². The number of imide groups is 1. The lowest BCUT2D eigenvalue weighted by molar-refractivity contribution is -0.126. The van der Waals surface area contributed by atoms with E-state index >= 15 is 0 Å². The molecule has 1 spiro atoms. The Morgan fingerprint density at radius 3 is 2.83 bits per heavy atom. The van der Waals surface area contributed by atoms with Crippen LogP contribution in [0.3, 0.4) is 0 Å². The maximum atomic E-state index is 12.2. The first kappa shape index (κ1) is 11.3. The number of rotatable bonds is 1. The van der Waals surface area contributed by atoms with E-state index in [9.17, 15) is 9.59 Å². The van der Waals surface area contributed by atoms with Gasteiger partial charge in [-0.15, -0.1) is 0 Å². The minimum absolute atomic E-state index is 0.151. The number of carbonyl (C=O) groups is 2. The number of hydrogen-bond acceptors (Lipinski definition) is 3. The van der Waals surface area contributed by atoms with Crippen molar-refractivity contribution in [2.75, 3.05) is 7.11 Å². The van der Waals surface area contributed by atoms with Crippen molar-refractivity contribution in [2.45, 2.75) is 31.1 Å². The number of amides is 2.